The second-order valence-electron chi connectivity index (χ2n) is 2.48. The number of nitrogens with one attached hydrogen (secondary N) is 1. The zero-order valence-electron chi connectivity index (χ0n) is 6.45. The zero-order chi connectivity index (χ0) is 8.39. The molecule has 0 radical (unpaired) electrons. The van der Waals surface area contributed by atoms with Gasteiger partial charge in [0.05, 0.1) is 15.2 Å². The summed E-state index contributed by atoms with van der Waals surface area (Å²) in [5.41, 5.74) is 1.04. The molecule has 0 saturated carbocycles. The second kappa shape index (κ2) is 3.03. The van der Waals surface area contributed by atoms with Crippen LogP contribution in [-0.4, -0.2) is 11.2 Å². The fourth-order valence-electron chi connectivity index (χ4n) is 1.09. The smallest absolute Gasteiger partial charge is 0.0991 e. The zero-order valence-corrected chi connectivity index (χ0v) is 7.27. The van der Waals surface area contributed by atoms with Crippen molar-refractivity contribution in [2.75, 3.05) is 0 Å². The maximum atomic E-state index is 6.96. The predicted octanol–water partition coefficient (Wildman–Crippen LogP) is 2.49. The Morgan fingerprint density at radius 2 is 2.25 bits per heavy atom. The van der Waals surface area contributed by atoms with Gasteiger partial charge in [-0.2, -0.15) is 0 Å². The number of aromatic nitrogens is 1. The first-order chi connectivity index (χ1) is 5.90. The Balaban J connectivity index is 2.54. The van der Waals surface area contributed by atoms with E-state index in [4.69, 9.17) is 5.41 Å². The van der Waals surface area contributed by atoms with Crippen LogP contribution in [0.5, 0.6) is 0 Å². The van der Waals surface area contributed by atoms with Crippen LogP contribution in [-0.2, 0) is 6.42 Å². The van der Waals surface area contributed by atoms with Crippen LogP contribution in [0.3, 0.4) is 0 Å². The molecule has 1 heterocycles. The van der Waals surface area contributed by atoms with Crippen molar-refractivity contribution in [2.24, 2.45) is 0 Å². The van der Waals surface area contributed by atoms with Gasteiger partial charge in [0.15, 0.2) is 0 Å². The van der Waals surface area contributed by atoms with Gasteiger partial charge in [-0.15, -0.1) is 11.3 Å². The standard InChI is InChI=1S/C9H8N2S/c10-6-5-9-11-7-3-1-2-4-8(7)12-9/h1-4,6,10H,5H2. The number of nitrogens with zero attached hydrogens (tertiary/aromatic N) is 1. The van der Waals surface area contributed by atoms with Gasteiger partial charge in [-0.1, -0.05) is 12.1 Å². The molecule has 1 aromatic heterocycles. The van der Waals surface area contributed by atoms with Crippen molar-refractivity contribution in [2.45, 2.75) is 6.42 Å². The molecule has 2 aromatic rings. The van der Waals surface area contributed by atoms with E-state index in [1.807, 2.05) is 18.2 Å². The third-order valence-corrected chi connectivity index (χ3v) is 2.67. The highest BCUT2D eigenvalue weighted by atomic mass is 32.1. The van der Waals surface area contributed by atoms with Gasteiger partial charge >= 0.3 is 0 Å². The highest BCUT2D eigenvalue weighted by Gasteiger charge is 1.99. The van der Waals surface area contributed by atoms with Gasteiger partial charge in [-0.25, -0.2) is 4.98 Å². The van der Waals surface area contributed by atoms with Gasteiger partial charge in [0.25, 0.3) is 0 Å². The lowest BCUT2D eigenvalue weighted by Crippen LogP contribution is -1.80. The molecule has 0 amide bonds. The van der Waals surface area contributed by atoms with Crippen molar-refractivity contribution in [3.63, 3.8) is 0 Å². The van der Waals surface area contributed by atoms with Crippen LogP contribution in [0.15, 0.2) is 24.3 Å². The summed E-state index contributed by atoms with van der Waals surface area (Å²) in [7, 11) is 0. The summed E-state index contributed by atoms with van der Waals surface area (Å²) in [5, 5.41) is 7.97. The number of fused-ring (bicyclic) bond motifs is 1. The molecule has 1 aromatic carbocycles. The monoisotopic (exact) mass is 176 g/mol. The van der Waals surface area contributed by atoms with Gasteiger partial charge in [-0.3, -0.25) is 0 Å². The van der Waals surface area contributed by atoms with Gasteiger partial charge in [0, 0.05) is 12.6 Å². The molecule has 3 heteroatoms. The minimum Gasteiger partial charge on any atom is -0.313 e. The number of thiazole rings is 1. The van der Waals surface area contributed by atoms with E-state index < -0.39 is 0 Å². The Bertz CT molecular complexity index is 373. The SMILES string of the molecule is N=CCc1nc2ccccc2s1. The van der Waals surface area contributed by atoms with Crippen molar-refractivity contribution < 1.29 is 0 Å². The molecule has 2 nitrogen and oxygen atoms in total. The van der Waals surface area contributed by atoms with E-state index in [1.54, 1.807) is 11.3 Å². The summed E-state index contributed by atoms with van der Waals surface area (Å²) in [5.74, 6) is 0. The van der Waals surface area contributed by atoms with Gasteiger partial charge < -0.3 is 5.41 Å². The normalized spacial score (nSPS) is 10.3. The molecule has 0 fully saturated rings. The van der Waals surface area contributed by atoms with E-state index in [1.165, 1.54) is 10.9 Å². The molecule has 1 N–H and O–H groups in total. The summed E-state index contributed by atoms with van der Waals surface area (Å²) in [4.78, 5) is 4.37. The Hall–Kier alpha value is -1.22. The maximum Gasteiger partial charge on any atom is 0.0991 e. The first-order valence-corrected chi connectivity index (χ1v) is 4.55. The minimum absolute atomic E-state index is 0.652. The average molecular weight is 176 g/mol. The van der Waals surface area contributed by atoms with Gasteiger partial charge in [0.1, 0.15) is 0 Å². The van der Waals surface area contributed by atoms with E-state index >= 15 is 0 Å². The molecule has 12 heavy (non-hydrogen) atoms. The molecule has 0 saturated heterocycles. The largest absolute Gasteiger partial charge is 0.313 e. The number of benzene rings is 1. The van der Waals surface area contributed by atoms with Crippen molar-refractivity contribution in [1.29, 1.82) is 5.41 Å². The molecule has 2 rings (SSSR count). The lowest BCUT2D eigenvalue weighted by molar-refractivity contribution is 1.26. The maximum absolute atomic E-state index is 6.96. The fraction of sp³-hybridized carbons (Fsp3) is 0.111. The molecule has 0 aliphatic carbocycles. The van der Waals surface area contributed by atoms with E-state index in [2.05, 4.69) is 11.1 Å². The molecule has 0 spiro atoms. The molecule has 60 valence electrons. The molecule has 0 aliphatic heterocycles. The first kappa shape index (κ1) is 7.43. The van der Waals surface area contributed by atoms with Crippen LogP contribution in [0.1, 0.15) is 5.01 Å². The molecule has 0 atom stereocenters. The lowest BCUT2D eigenvalue weighted by atomic mass is 10.3. The summed E-state index contributed by atoms with van der Waals surface area (Å²) < 4.78 is 1.20. The Morgan fingerprint density at radius 3 is 3.00 bits per heavy atom. The van der Waals surface area contributed by atoms with Crippen LogP contribution >= 0.6 is 11.3 Å². The summed E-state index contributed by atoms with van der Waals surface area (Å²) in [6.45, 7) is 0. The summed E-state index contributed by atoms with van der Waals surface area (Å²) in [6.07, 6.45) is 2.04. The van der Waals surface area contributed by atoms with Crippen molar-refractivity contribution in [1.82, 2.24) is 4.98 Å². The topological polar surface area (TPSA) is 36.7 Å². The van der Waals surface area contributed by atoms with Crippen LogP contribution in [0.2, 0.25) is 0 Å². The minimum atomic E-state index is 0.652. The van der Waals surface area contributed by atoms with Gasteiger partial charge in [0.2, 0.25) is 0 Å². The van der Waals surface area contributed by atoms with Crippen LogP contribution in [0.4, 0.5) is 0 Å². The third-order valence-electron chi connectivity index (χ3n) is 1.61. The van der Waals surface area contributed by atoms with Crippen molar-refractivity contribution in [3.05, 3.63) is 29.3 Å². The average Bonchev–Trinajstić information content (AvgIpc) is 2.47. The molecule has 0 bridgehead atoms. The fourth-order valence-corrected chi connectivity index (χ4v) is 2.02. The number of hydrogen-bond donors (Lipinski definition) is 1. The Labute approximate surface area is 74.4 Å². The second-order valence-corrected chi connectivity index (χ2v) is 3.60. The van der Waals surface area contributed by atoms with Crippen LogP contribution in [0.25, 0.3) is 10.2 Å². The Morgan fingerprint density at radius 1 is 1.42 bits per heavy atom. The summed E-state index contributed by atoms with van der Waals surface area (Å²) in [6, 6.07) is 8.05. The number of para-hydroxylation sites is 1. The van der Waals surface area contributed by atoms with Crippen LogP contribution < -0.4 is 0 Å². The van der Waals surface area contributed by atoms with Gasteiger partial charge in [-0.05, 0) is 12.1 Å². The van der Waals surface area contributed by atoms with E-state index in [0.717, 1.165) is 10.5 Å². The molecule has 0 aliphatic rings. The lowest BCUT2D eigenvalue weighted by Gasteiger charge is -1.80. The molecule has 0 unspecified atom stereocenters. The van der Waals surface area contributed by atoms with Crippen LogP contribution in [0, 0.1) is 5.41 Å². The predicted molar refractivity (Wildman–Crippen MR) is 52.1 cm³/mol. The van der Waals surface area contributed by atoms with E-state index in [0.29, 0.717) is 6.42 Å². The summed E-state index contributed by atoms with van der Waals surface area (Å²) >= 11 is 1.66. The van der Waals surface area contributed by atoms with E-state index in [-0.39, 0.29) is 0 Å². The highest BCUT2D eigenvalue weighted by Crippen LogP contribution is 2.21. The van der Waals surface area contributed by atoms with Crippen molar-refractivity contribution >= 4 is 27.8 Å². The molecular formula is C9H8N2S. The van der Waals surface area contributed by atoms with E-state index in [9.17, 15) is 0 Å². The number of rotatable bonds is 2. The van der Waals surface area contributed by atoms with Crippen molar-refractivity contribution in [3.8, 4) is 0 Å². The quantitative estimate of drug-likeness (QED) is 0.701. The third kappa shape index (κ3) is 1.23. The highest BCUT2D eigenvalue weighted by molar-refractivity contribution is 7.18. The number of hydrogen-bond acceptors (Lipinski definition) is 3. The first-order valence-electron chi connectivity index (χ1n) is 3.73. The Kier molecular flexibility index (Phi) is 1.87. The molecular weight excluding hydrogens is 168 g/mol.